The molecular formula is C15H21N3O2S. The van der Waals surface area contributed by atoms with E-state index in [1.807, 2.05) is 36.9 Å². The Morgan fingerprint density at radius 1 is 1.19 bits per heavy atom. The molecule has 0 aliphatic carbocycles. The second-order valence-electron chi connectivity index (χ2n) is 4.97. The monoisotopic (exact) mass is 307 g/mol. The Morgan fingerprint density at radius 3 is 2.48 bits per heavy atom. The highest BCUT2D eigenvalue weighted by molar-refractivity contribution is 7.91. The fourth-order valence-electron chi connectivity index (χ4n) is 2.15. The van der Waals surface area contributed by atoms with Gasteiger partial charge in [0.15, 0.2) is 9.84 Å². The lowest BCUT2D eigenvalue weighted by Gasteiger charge is -2.08. The number of nitrogens with zero attached hydrogens (tertiary/aromatic N) is 2. The number of aromatic nitrogens is 2. The largest absolute Gasteiger partial charge is 0.385 e. The summed E-state index contributed by atoms with van der Waals surface area (Å²) in [4.78, 5) is 0.390. The minimum Gasteiger partial charge on any atom is -0.385 e. The van der Waals surface area contributed by atoms with Crippen molar-refractivity contribution in [2.45, 2.75) is 24.7 Å². The number of anilines is 1. The van der Waals surface area contributed by atoms with Crippen molar-refractivity contribution in [2.75, 3.05) is 17.6 Å². The standard InChI is InChI=1S/C15H21N3O2S/c1-3-12-21(19,20)15-6-4-13(5-7-15)16-10-8-14-9-11-17-18(14)2/h4-7,9,11,16H,3,8,10,12H2,1-2H3. The van der Waals surface area contributed by atoms with Crippen LogP contribution in [0.5, 0.6) is 0 Å². The molecule has 0 atom stereocenters. The van der Waals surface area contributed by atoms with Gasteiger partial charge < -0.3 is 5.32 Å². The van der Waals surface area contributed by atoms with Crippen molar-refractivity contribution in [2.24, 2.45) is 7.05 Å². The van der Waals surface area contributed by atoms with Gasteiger partial charge in [0.05, 0.1) is 10.6 Å². The molecule has 1 aromatic carbocycles. The van der Waals surface area contributed by atoms with Crippen LogP contribution in [-0.4, -0.2) is 30.5 Å². The van der Waals surface area contributed by atoms with E-state index in [9.17, 15) is 8.42 Å². The van der Waals surface area contributed by atoms with E-state index < -0.39 is 9.84 Å². The molecule has 5 nitrogen and oxygen atoms in total. The van der Waals surface area contributed by atoms with Gasteiger partial charge in [-0.15, -0.1) is 0 Å². The number of nitrogens with one attached hydrogen (secondary N) is 1. The summed E-state index contributed by atoms with van der Waals surface area (Å²) in [6.07, 6.45) is 3.28. The normalized spacial score (nSPS) is 11.5. The van der Waals surface area contributed by atoms with Crippen molar-refractivity contribution in [1.29, 1.82) is 0 Å². The Labute approximate surface area is 125 Å². The zero-order valence-electron chi connectivity index (χ0n) is 12.4. The molecule has 1 N–H and O–H groups in total. The van der Waals surface area contributed by atoms with Gasteiger partial charge >= 0.3 is 0 Å². The minimum atomic E-state index is -3.13. The summed E-state index contributed by atoms with van der Waals surface area (Å²) < 4.78 is 25.7. The van der Waals surface area contributed by atoms with Crippen LogP contribution in [0.4, 0.5) is 5.69 Å². The molecule has 2 aromatic rings. The number of rotatable bonds is 7. The summed E-state index contributed by atoms with van der Waals surface area (Å²) in [7, 11) is -1.21. The van der Waals surface area contributed by atoms with Crippen LogP contribution in [0.3, 0.4) is 0 Å². The fourth-order valence-corrected chi connectivity index (χ4v) is 3.47. The van der Waals surface area contributed by atoms with Gasteiger partial charge in [-0.25, -0.2) is 8.42 Å². The third-order valence-electron chi connectivity index (χ3n) is 3.32. The van der Waals surface area contributed by atoms with Crippen LogP contribution >= 0.6 is 0 Å². The number of benzene rings is 1. The highest BCUT2D eigenvalue weighted by Crippen LogP contribution is 2.16. The summed E-state index contributed by atoms with van der Waals surface area (Å²) in [6, 6.07) is 8.94. The van der Waals surface area contributed by atoms with Crippen LogP contribution < -0.4 is 5.32 Å². The van der Waals surface area contributed by atoms with Gasteiger partial charge in [-0.3, -0.25) is 4.68 Å². The first-order valence-electron chi connectivity index (χ1n) is 7.06. The average Bonchev–Trinajstić information content (AvgIpc) is 2.85. The van der Waals surface area contributed by atoms with Gasteiger partial charge in [-0.05, 0) is 36.8 Å². The molecule has 0 saturated carbocycles. The van der Waals surface area contributed by atoms with Gasteiger partial charge in [0, 0.05) is 37.6 Å². The molecule has 114 valence electrons. The maximum atomic E-state index is 11.9. The lowest BCUT2D eigenvalue weighted by molar-refractivity contribution is 0.595. The molecule has 1 heterocycles. The molecule has 0 amide bonds. The van der Waals surface area contributed by atoms with Crippen molar-refractivity contribution in [3.05, 3.63) is 42.2 Å². The Balaban J connectivity index is 1.92. The number of hydrogen-bond donors (Lipinski definition) is 1. The van der Waals surface area contributed by atoms with Crippen molar-refractivity contribution in [3.63, 3.8) is 0 Å². The van der Waals surface area contributed by atoms with E-state index >= 15 is 0 Å². The van der Waals surface area contributed by atoms with E-state index in [1.54, 1.807) is 18.3 Å². The second-order valence-corrected chi connectivity index (χ2v) is 7.08. The predicted molar refractivity (Wildman–Crippen MR) is 84.2 cm³/mol. The summed E-state index contributed by atoms with van der Waals surface area (Å²) >= 11 is 0. The van der Waals surface area contributed by atoms with Gasteiger partial charge in [-0.1, -0.05) is 6.92 Å². The maximum Gasteiger partial charge on any atom is 0.178 e. The van der Waals surface area contributed by atoms with Gasteiger partial charge in [0.1, 0.15) is 0 Å². The van der Waals surface area contributed by atoms with Crippen molar-refractivity contribution < 1.29 is 8.42 Å². The van der Waals surface area contributed by atoms with E-state index in [4.69, 9.17) is 0 Å². The van der Waals surface area contributed by atoms with E-state index in [1.165, 1.54) is 0 Å². The van der Waals surface area contributed by atoms with Crippen LogP contribution in [-0.2, 0) is 23.3 Å². The van der Waals surface area contributed by atoms with Gasteiger partial charge in [-0.2, -0.15) is 5.10 Å². The topological polar surface area (TPSA) is 64.0 Å². The highest BCUT2D eigenvalue weighted by Gasteiger charge is 2.12. The molecule has 1 aromatic heterocycles. The average molecular weight is 307 g/mol. The zero-order chi connectivity index (χ0) is 15.3. The summed E-state index contributed by atoms with van der Waals surface area (Å²) in [6.45, 7) is 2.65. The van der Waals surface area contributed by atoms with Gasteiger partial charge in [0.25, 0.3) is 0 Å². The molecule has 0 aliphatic rings. The Hall–Kier alpha value is -1.82. The summed E-state index contributed by atoms with van der Waals surface area (Å²) in [5, 5.41) is 7.41. The Kier molecular flexibility index (Phi) is 5.01. The third kappa shape index (κ3) is 4.07. The van der Waals surface area contributed by atoms with Crippen molar-refractivity contribution >= 4 is 15.5 Å². The molecule has 0 spiro atoms. The van der Waals surface area contributed by atoms with Crippen LogP contribution in [0, 0.1) is 0 Å². The van der Waals surface area contributed by atoms with E-state index in [0.29, 0.717) is 11.3 Å². The molecule has 0 aliphatic heterocycles. The number of sulfone groups is 1. The summed E-state index contributed by atoms with van der Waals surface area (Å²) in [5.74, 6) is 0.195. The molecule has 0 fully saturated rings. The quantitative estimate of drug-likeness (QED) is 0.852. The first kappa shape index (κ1) is 15.6. The van der Waals surface area contributed by atoms with E-state index in [2.05, 4.69) is 10.4 Å². The molecule has 2 rings (SSSR count). The van der Waals surface area contributed by atoms with Crippen molar-refractivity contribution in [3.8, 4) is 0 Å². The van der Waals surface area contributed by atoms with E-state index in [-0.39, 0.29) is 5.75 Å². The molecule has 0 bridgehead atoms. The molecule has 0 unspecified atom stereocenters. The van der Waals surface area contributed by atoms with Crippen molar-refractivity contribution in [1.82, 2.24) is 9.78 Å². The van der Waals surface area contributed by atoms with Gasteiger partial charge in [0.2, 0.25) is 0 Å². The van der Waals surface area contributed by atoms with Crippen LogP contribution in [0.1, 0.15) is 19.0 Å². The Bertz CT molecular complexity index is 675. The van der Waals surface area contributed by atoms with Crippen LogP contribution in [0.25, 0.3) is 0 Å². The van der Waals surface area contributed by atoms with Crippen LogP contribution in [0.15, 0.2) is 41.4 Å². The maximum absolute atomic E-state index is 11.9. The zero-order valence-corrected chi connectivity index (χ0v) is 13.2. The molecule has 0 radical (unpaired) electrons. The highest BCUT2D eigenvalue weighted by atomic mass is 32.2. The molecule has 6 heteroatoms. The molecule has 0 saturated heterocycles. The van der Waals surface area contributed by atoms with Crippen LogP contribution in [0.2, 0.25) is 0 Å². The Morgan fingerprint density at radius 2 is 1.90 bits per heavy atom. The van der Waals surface area contributed by atoms with E-state index in [0.717, 1.165) is 24.3 Å². The molecule has 21 heavy (non-hydrogen) atoms. The lowest BCUT2D eigenvalue weighted by atomic mass is 10.3. The smallest absolute Gasteiger partial charge is 0.178 e. The fraction of sp³-hybridized carbons (Fsp3) is 0.400. The molecular weight excluding hydrogens is 286 g/mol. The lowest BCUT2D eigenvalue weighted by Crippen LogP contribution is -2.09. The number of hydrogen-bond acceptors (Lipinski definition) is 4. The number of aryl methyl sites for hydroxylation is 1. The summed E-state index contributed by atoms with van der Waals surface area (Å²) in [5.41, 5.74) is 2.08. The third-order valence-corrected chi connectivity index (χ3v) is 5.26. The minimum absolute atomic E-state index is 0.195. The first-order valence-corrected chi connectivity index (χ1v) is 8.72. The predicted octanol–water partition coefficient (Wildman–Crippen LogP) is 2.26. The first-order chi connectivity index (χ1) is 10.0. The SMILES string of the molecule is CCCS(=O)(=O)c1ccc(NCCc2ccnn2C)cc1. The second kappa shape index (κ2) is 6.76.